The van der Waals surface area contributed by atoms with E-state index in [9.17, 15) is 14.9 Å². The number of nitro benzene ring substituents is 1. The lowest BCUT2D eigenvalue weighted by molar-refractivity contribution is -0.385. The maximum Gasteiger partial charge on any atom is 0.310 e. The molecule has 0 saturated heterocycles. The van der Waals surface area contributed by atoms with Crippen molar-refractivity contribution >= 4 is 27.6 Å². The smallest absolute Gasteiger partial charge is 0.310 e. The van der Waals surface area contributed by atoms with Crippen molar-refractivity contribution < 1.29 is 14.5 Å². The topological polar surface area (TPSA) is 93.2 Å². The number of carbonyl (C=O) groups excluding carboxylic acids is 1. The number of rotatable bonds is 5. The zero-order valence-electron chi connectivity index (χ0n) is 10.2. The van der Waals surface area contributed by atoms with Crippen LogP contribution in [0.15, 0.2) is 12.1 Å². The molecule has 6 nitrogen and oxygen atoms in total. The highest BCUT2D eigenvalue weighted by molar-refractivity contribution is 9.08. The van der Waals surface area contributed by atoms with E-state index >= 15 is 0 Å². The van der Waals surface area contributed by atoms with Gasteiger partial charge in [0.25, 0.3) is 5.69 Å². The average Bonchev–Trinajstić information content (AvgIpc) is 2.38. The summed E-state index contributed by atoms with van der Waals surface area (Å²) in [5.41, 5.74) is 0.829. The number of esters is 1. The number of ether oxygens (including phenoxy) is 1. The van der Waals surface area contributed by atoms with Crippen molar-refractivity contribution in [2.75, 3.05) is 6.61 Å². The molecule has 0 N–H and O–H groups in total. The van der Waals surface area contributed by atoms with Crippen molar-refractivity contribution in [1.82, 2.24) is 0 Å². The van der Waals surface area contributed by atoms with Crippen LogP contribution in [-0.4, -0.2) is 17.5 Å². The molecule has 0 saturated carbocycles. The Labute approximate surface area is 118 Å². The first kappa shape index (κ1) is 15.1. The Balaban J connectivity index is 3.21. The number of nitrogens with zero attached hydrogens (tertiary/aromatic N) is 2. The average molecular weight is 327 g/mol. The summed E-state index contributed by atoms with van der Waals surface area (Å²) in [4.78, 5) is 21.7. The summed E-state index contributed by atoms with van der Waals surface area (Å²) >= 11 is 3.21. The summed E-state index contributed by atoms with van der Waals surface area (Å²) in [5.74, 6) is -0.428. The van der Waals surface area contributed by atoms with Crippen molar-refractivity contribution in [2.24, 2.45) is 0 Å². The van der Waals surface area contributed by atoms with Crippen molar-refractivity contribution in [2.45, 2.75) is 18.7 Å². The molecular weight excluding hydrogens is 316 g/mol. The van der Waals surface area contributed by atoms with Crippen LogP contribution in [0.4, 0.5) is 5.69 Å². The van der Waals surface area contributed by atoms with Gasteiger partial charge in [-0.15, -0.1) is 0 Å². The minimum absolute atomic E-state index is 0.0125. The Kier molecular flexibility index (Phi) is 5.45. The molecule has 1 aromatic carbocycles. The number of benzene rings is 1. The summed E-state index contributed by atoms with van der Waals surface area (Å²) in [7, 11) is 0. The maximum atomic E-state index is 11.4. The van der Waals surface area contributed by atoms with E-state index in [2.05, 4.69) is 15.9 Å². The van der Waals surface area contributed by atoms with Crippen LogP contribution >= 0.6 is 15.9 Å². The first-order chi connectivity index (χ1) is 9.03. The first-order valence-electron chi connectivity index (χ1n) is 5.45. The number of halogens is 1. The Morgan fingerprint density at radius 1 is 1.53 bits per heavy atom. The summed E-state index contributed by atoms with van der Waals surface area (Å²) in [6, 6.07) is 4.44. The van der Waals surface area contributed by atoms with Crippen LogP contribution in [0, 0.1) is 21.4 Å². The fourth-order valence-electron chi connectivity index (χ4n) is 1.57. The Morgan fingerprint density at radius 3 is 2.68 bits per heavy atom. The van der Waals surface area contributed by atoms with Crippen molar-refractivity contribution in [3.63, 3.8) is 0 Å². The van der Waals surface area contributed by atoms with E-state index in [4.69, 9.17) is 10.00 Å². The highest BCUT2D eigenvalue weighted by Crippen LogP contribution is 2.25. The van der Waals surface area contributed by atoms with E-state index in [1.54, 1.807) is 13.0 Å². The predicted molar refractivity (Wildman–Crippen MR) is 70.8 cm³/mol. The second-order valence-corrected chi connectivity index (χ2v) is 4.18. The molecule has 19 heavy (non-hydrogen) atoms. The second-order valence-electron chi connectivity index (χ2n) is 3.62. The van der Waals surface area contributed by atoms with Gasteiger partial charge in [-0.1, -0.05) is 15.9 Å². The molecule has 0 aliphatic rings. The van der Waals surface area contributed by atoms with Crippen LogP contribution in [0.1, 0.15) is 23.6 Å². The molecule has 1 aromatic rings. The van der Waals surface area contributed by atoms with Gasteiger partial charge < -0.3 is 4.74 Å². The number of carbonyl (C=O) groups is 1. The highest BCUT2D eigenvalue weighted by atomic mass is 79.9. The molecule has 0 aliphatic carbocycles. The third-order valence-corrected chi connectivity index (χ3v) is 3.02. The van der Waals surface area contributed by atoms with E-state index in [0.717, 1.165) is 0 Å². The van der Waals surface area contributed by atoms with Gasteiger partial charge in [-0.25, -0.2) is 0 Å². The van der Waals surface area contributed by atoms with Crippen LogP contribution in [0.3, 0.4) is 0 Å². The van der Waals surface area contributed by atoms with Crippen LogP contribution in [-0.2, 0) is 21.3 Å². The molecule has 100 valence electrons. The van der Waals surface area contributed by atoms with Crippen LogP contribution in [0.5, 0.6) is 0 Å². The Morgan fingerprint density at radius 2 is 2.21 bits per heavy atom. The van der Waals surface area contributed by atoms with Gasteiger partial charge in [0.05, 0.1) is 18.0 Å². The van der Waals surface area contributed by atoms with Gasteiger partial charge >= 0.3 is 5.97 Å². The van der Waals surface area contributed by atoms with E-state index in [1.165, 1.54) is 12.1 Å². The molecule has 0 bridgehead atoms. The van der Waals surface area contributed by atoms with Crippen LogP contribution < -0.4 is 0 Å². The number of nitriles is 1. The summed E-state index contributed by atoms with van der Waals surface area (Å²) in [6.45, 7) is 1.96. The highest BCUT2D eigenvalue weighted by Gasteiger charge is 2.19. The van der Waals surface area contributed by atoms with Gasteiger partial charge in [-0.05, 0) is 24.1 Å². The van der Waals surface area contributed by atoms with Gasteiger partial charge in [0.15, 0.2) is 0 Å². The van der Waals surface area contributed by atoms with Crippen molar-refractivity contribution in [1.29, 1.82) is 5.26 Å². The lowest BCUT2D eigenvalue weighted by Gasteiger charge is -2.08. The summed E-state index contributed by atoms with van der Waals surface area (Å²) in [5, 5.41) is 20.1. The molecule has 0 fully saturated rings. The lowest BCUT2D eigenvalue weighted by atomic mass is 10.0. The fourth-order valence-corrected chi connectivity index (χ4v) is 2.10. The molecule has 1 rings (SSSR count). The molecule has 0 spiro atoms. The quantitative estimate of drug-likeness (QED) is 0.358. The standard InChI is InChI=1S/C12H11BrN2O4/c1-2-19-12(16)5-8-3-10(7-14)11(15(17)18)4-9(8)6-13/h3-4H,2,5-6H2,1H3. The third-order valence-electron chi connectivity index (χ3n) is 2.42. The molecule has 0 aromatic heterocycles. The van der Waals surface area contributed by atoms with E-state index < -0.39 is 10.9 Å². The lowest BCUT2D eigenvalue weighted by Crippen LogP contribution is -2.10. The monoisotopic (exact) mass is 326 g/mol. The maximum absolute atomic E-state index is 11.4. The van der Waals surface area contributed by atoms with Gasteiger partial charge in [-0.3, -0.25) is 14.9 Å². The summed E-state index contributed by atoms with van der Waals surface area (Å²) in [6.07, 6.45) is -0.0125. The van der Waals surface area contributed by atoms with E-state index in [-0.39, 0.29) is 24.3 Å². The van der Waals surface area contributed by atoms with Gasteiger partial charge in [0, 0.05) is 11.4 Å². The molecule has 0 radical (unpaired) electrons. The van der Waals surface area contributed by atoms with Crippen LogP contribution in [0.2, 0.25) is 0 Å². The number of nitro groups is 1. The third kappa shape index (κ3) is 3.76. The molecule has 0 atom stereocenters. The zero-order valence-corrected chi connectivity index (χ0v) is 11.8. The fraction of sp³-hybridized carbons (Fsp3) is 0.333. The molecule has 0 heterocycles. The van der Waals surface area contributed by atoms with E-state index in [1.807, 2.05) is 0 Å². The normalized spacial score (nSPS) is 9.74. The largest absolute Gasteiger partial charge is 0.466 e. The van der Waals surface area contributed by atoms with Crippen molar-refractivity contribution in [3.8, 4) is 6.07 Å². The minimum Gasteiger partial charge on any atom is -0.466 e. The zero-order chi connectivity index (χ0) is 14.4. The van der Waals surface area contributed by atoms with E-state index in [0.29, 0.717) is 16.5 Å². The second kappa shape index (κ2) is 6.85. The molecule has 0 amide bonds. The number of hydrogen-bond acceptors (Lipinski definition) is 5. The molecule has 0 aliphatic heterocycles. The first-order valence-corrected chi connectivity index (χ1v) is 6.57. The Hall–Kier alpha value is -1.94. The van der Waals surface area contributed by atoms with Crippen LogP contribution in [0.25, 0.3) is 0 Å². The predicted octanol–water partition coefficient (Wildman–Crippen LogP) is 2.47. The van der Waals surface area contributed by atoms with Crippen molar-refractivity contribution in [3.05, 3.63) is 38.9 Å². The Bertz CT molecular complexity index is 551. The number of alkyl halides is 1. The molecule has 7 heteroatoms. The van der Waals surface area contributed by atoms with Gasteiger partial charge in [0.1, 0.15) is 11.6 Å². The number of hydrogen-bond donors (Lipinski definition) is 0. The summed E-state index contributed by atoms with van der Waals surface area (Å²) < 4.78 is 4.83. The minimum atomic E-state index is -0.612. The molecular formula is C12H11BrN2O4. The van der Waals surface area contributed by atoms with Gasteiger partial charge in [-0.2, -0.15) is 5.26 Å². The molecule has 0 unspecified atom stereocenters. The SMILES string of the molecule is CCOC(=O)Cc1cc(C#N)c([N+](=O)[O-])cc1CBr. The van der Waals surface area contributed by atoms with Gasteiger partial charge in [0.2, 0.25) is 0 Å².